The summed E-state index contributed by atoms with van der Waals surface area (Å²) in [6.07, 6.45) is -3.05. The van der Waals surface area contributed by atoms with Gasteiger partial charge in [0.1, 0.15) is 12.2 Å². The van der Waals surface area contributed by atoms with Crippen molar-refractivity contribution in [3.05, 3.63) is 43.5 Å². The molecule has 29 heavy (non-hydrogen) atoms. The maximum absolute atomic E-state index is 12.6. The van der Waals surface area contributed by atoms with Crippen LogP contribution in [0.15, 0.2) is 27.0 Å². The van der Waals surface area contributed by atoms with Gasteiger partial charge in [-0.3, -0.25) is 19.1 Å². The van der Waals surface area contributed by atoms with Gasteiger partial charge in [0, 0.05) is 24.3 Å². The summed E-state index contributed by atoms with van der Waals surface area (Å²) >= 11 is 0. The van der Waals surface area contributed by atoms with Crippen LogP contribution in [0.3, 0.4) is 0 Å². The lowest BCUT2D eigenvalue weighted by atomic mass is 9.95. The standard InChI is InChI=1S/C17H23N5O7/c1-17(2,3)15(24)29-13-12-11(10(20-21-18)8(26-4)7-27-12)28-14(13)22-6-5-9(23)19-16(22)25/h5-6,8,10-14H,7H2,1-4H3,(H,19,23,25)/t8-,10-,11-,12-,13-,14-/m1/s1. The molecular weight excluding hydrogens is 386 g/mol. The van der Waals surface area contributed by atoms with Crippen LogP contribution in [0, 0.1) is 5.41 Å². The number of azide groups is 1. The summed E-state index contributed by atoms with van der Waals surface area (Å²) < 4.78 is 23.9. The van der Waals surface area contributed by atoms with Crippen LogP contribution in [0.2, 0.25) is 0 Å². The number of H-pyrrole nitrogens is 1. The SMILES string of the molecule is CO[C@@H]1CO[C@@H]2[C@H](O[C@@H](n3ccc(=O)[nH]c3=O)[C@@H]2OC(=O)C(C)(C)C)[C@@H]1N=[N+]=[N-]. The quantitative estimate of drug-likeness (QED) is 0.328. The van der Waals surface area contributed by atoms with Gasteiger partial charge in [-0.15, -0.1) is 0 Å². The number of esters is 1. The van der Waals surface area contributed by atoms with Gasteiger partial charge in [-0.1, -0.05) is 5.11 Å². The molecule has 1 aromatic rings. The second-order valence-corrected chi connectivity index (χ2v) is 7.90. The van der Waals surface area contributed by atoms with Crippen LogP contribution in [0.25, 0.3) is 10.4 Å². The second kappa shape index (κ2) is 7.99. The van der Waals surface area contributed by atoms with Crippen LogP contribution in [-0.4, -0.2) is 59.7 Å². The molecule has 0 radical (unpaired) electrons. The number of methoxy groups -OCH3 is 1. The van der Waals surface area contributed by atoms with Gasteiger partial charge in [0.25, 0.3) is 5.56 Å². The number of rotatable bonds is 4. The average Bonchev–Trinajstić information content (AvgIpc) is 3.00. The van der Waals surface area contributed by atoms with Crippen LogP contribution in [0.5, 0.6) is 0 Å². The Morgan fingerprint density at radius 1 is 1.38 bits per heavy atom. The molecular formula is C17H23N5O7. The first kappa shape index (κ1) is 21.1. The van der Waals surface area contributed by atoms with Gasteiger partial charge in [-0.05, 0) is 26.3 Å². The topological polar surface area (TPSA) is 158 Å². The largest absolute Gasteiger partial charge is 0.454 e. The summed E-state index contributed by atoms with van der Waals surface area (Å²) in [5.74, 6) is -0.521. The van der Waals surface area contributed by atoms with Crippen molar-refractivity contribution in [1.82, 2.24) is 9.55 Å². The maximum atomic E-state index is 12.6. The first-order valence-electron chi connectivity index (χ1n) is 9.04. The van der Waals surface area contributed by atoms with E-state index in [1.165, 1.54) is 13.3 Å². The first-order chi connectivity index (χ1) is 13.7. The minimum atomic E-state index is -1.09. The van der Waals surface area contributed by atoms with Crippen molar-refractivity contribution in [2.75, 3.05) is 13.7 Å². The molecule has 3 rings (SSSR count). The lowest BCUT2D eigenvalue weighted by Gasteiger charge is -2.36. The summed E-state index contributed by atoms with van der Waals surface area (Å²) in [6, 6.07) is 0.391. The normalized spacial score (nSPS) is 31.6. The third-order valence-electron chi connectivity index (χ3n) is 4.86. The highest BCUT2D eigenvalue weighted by molar-refractivity contribution is 5.75. The van der Waals surface area contributed by atoms with Crippen molar-refractivity contribution in [3.8, 4) is 0 Å². The Morgan fingerprint density at radius 3 is 2.69 bits per heavy atom. The zero-order valence-corrected chi connectivity index (χ0v) is 16.5. The summed E-state index contributed by atoms with van der Waals surface area (Å²) in [5.41, 5.74) is 6.83. The maximum Gasteiger partial charge on any atom is 0.330 e. The smallest absolute Gasteiger partial charge is 0.330 e. The van der Waals surface area contributed by atoms with Crippen molar-refractivity contribution < 1.29 is 23.7 Å². The molecule has 1 aromatic heterocycles. The zero-order chi connectivity index (χ0) is 21.3. The number of aromatic nitrogens is 2. The summed E-state index contributed by atoms with van der Waals surface area (Å²) in [4.78, 5) is 41.3. The molecule has 0 amide bonds. The third-order valence-corrected chi connectivity index (χ3v) is 4.86. The molecule has 2 fully saturated rings. The van der Waals surface area contributed by atoms with Crippen LogP contribution in [0.4, 0.5) is 0 Å². The predicted molar refractivity (Wildman–Crippen MR) is 98.0 cm³/mol. The number of hydrogen-bond acceptors (Lipinski definition) is 8. The monoisotopic (exact) mass is 409 g/mol. The molecule has 6 atom stereocenters. The fraction of sp³-hybridized carbons (Fsp3) is 0.706. The molecule has 0 bridgehead atoms. The number of carbonyl (C=O) groups is 1. The van der Waals surface area contributed by atoms with Gasteiger partial charge in [0.15, 0.2) is 12.3 Å². The molecule has 12 heteroatoms. The lowest BCUT2D eigenvalue weighted by molar-refractivity contribution is -0.173. The molecule has 158 valence electrons. The van der Waals surface area contributed by atoms with E-state index in [9.17, 15) is 14.4 Å². The second-order valence-electron chi connectivity index (χ2n) is 7.90. The Morgan fingerprint density at radius 2 is 2.10 bits per heavy atom. The van der Waals surface area contributed by atoms with E-state index in [0.717, 1.165) is 10.6 Å². The lowest BCUT2D eigenvalue weighted by Crippen LogP contribution is -2.54. The van der Waals surface area contributed by atoms with E-state index in [0.29, 0.717) is 0 Å². The molecule has 12 nitrogen and oxygen atoms in total. The third kappa shape index (κ3) is 4.06. The highest BCUT2D eigenvalue weighted by Crippen LogP contribution is 2.40. The summed E-state index contributed by atoms with van der Waals surface area (Å²) in [5, 5.41) is 3.77. The Hall–Kier alpha value is -2.66. The van der Waals surface area contributed by atoms with Gasteiger partial charge in [0.2, 0.25) is 0 Å². The van der Waals surface area contributed by atoms with E-state index < -0.39 is 59.3 Å². The van der Waals surface area contributed by atoms with Crippen LogP contribution < -0.4 is 11.2 Å². The summed E-state index contributed by atoms with van der Waals surface area (Å²) in [7, 11) is 1.45. The highest BCUT2D eigenvalue weighted by atomic mass is 16.6. The zero-order valence-electron chi connectivity index (χ0n) is 16.5. The van der Waals surface area contributed by atoms with Crippen molar-refractivity contribution >= 4 is 5.97 Å². The molecule has 0 aliphatic carbocycles. The van der Waals surface area contributed by atoms with Crippen LogP contribution >= 0.6 is 0 Å². The summed E-state index contributed by atoms with van der Waals surface area (Å²) in [6.45, 7) is 5.15. The fourth-order valence-electron chi connectivity index (χ4n) is 3.33. The molecule has 3 heterocycles. The molecule has 0 aromatic carbocycles. The number of nitrogens with zero attached hydrogens (tertiary/aromatic N) is 4. The van der Waals surface area contributed by atoms with Gasteiger partial charge in [0.05, 0.1) is 24.2 Å². The molecule has 0 saturated carbocycles. The molecule has 0 unspecified atom stereocenters. The predicted octanol–water partition coefficient (Wildman–Crippen LogP) is 0.485. The van der Waals surface area contributed by atoms with Gasteiger partial charge >= 0.3 is 11.7 Å². The molecule has 0 spiro atoms. The highest BCUT2D eigenvalue weighted by Gasteiger charge is 2.56. The molecule has 1 N–H and O–H groups in total. The fourth-order valence-corrected chi connectivity index (χ4v) is 3.33. The Balaban J connectivity index is 2.03. The van der Waals surface area contributed by atoms with E-state index in [4.69, 9.17) is 24.5 Å². The Labute approximate surface area is 165 Å². The Kier molecular flexibility index (Phi) is 5.80. The number of nitrogens with one attached hydrogen (secondary N) is 1. The van der Waals surface area contributed by atoms with E-state index >= 15 is 0 Å². The minimum absolute atomic E-state index is 0.0848. The minimum Gasteiger partial charge on any atom is -0.454 e. The van der Waals surface area contributed by atoms with Gasteiger partial charge in [-0.2, -0.15) is 0 Å². The van der Waals surface area contributed by atoms with Gasteiger partial charge in [-0.25, -0.2) is 4.79 Å². The number of aromatic amines is 1. The number of fused-ring (bicyclic) bond motifs is 1. The number of carbonyl (C=O) groups excluding carboxylic acids is 1. The van der Waals surface area contributed by atoms with Crippen molar-refractivity contribution in [2.24, 2.45) is 10.5 Å². The van der Waals surface area contributed by atoms with Crippen molar-refractivity contribution in [1.29, 1.82) is 0 Å². The molecule has 2 saturated heterocycles. The first-order valence-corrected chi connectivity index (χ1v) is 9.04. The van der Waals surface area contributed by atoms with E-state index in [2.05, 4.69) is 15.0 Å². The Bertz CT molecular complexity index is 929. The average molecular weight is 409 g/mol. The van der Waals surface area contributed by atoms with Crippen LogP contribution in [-0.2, 0) is 23.7 Å². The van der Waals surface area contributed by atoms with E-state index in [-0.39, 0.29) is 6.61 Å². The van der Waals surface area contributed by atoms with E-state index in [1.54, 1.807) is 20.8 Å². The van der Waals surface area contributed by atoms with Crippen molar-refractivity contribution in [2.45, 2.75) is 57.5 Å². The van der Waals surface area contributed by atoms with Crippen molar-refractivity contribution in [3.63, 3.8) is 0 Å². The van der Waals surface area contributed by atoms with Crippen LogP contribution in [0.1, 0.15) is 27.0 Å². The number of hydrogen-bond donors (Lipinski definition) is 1. The number of ether oxygens (including phenoxy) is 4. The molecule has 2 aliphatic heterocycles. The van der Waals surface area contributed by atoms with Gasteiger partial charge < -0.3 is 18.9 Å². The van der Waals surface area contributed by atoms with E-state index in [1.807, 2.05) is 0 Å². The molecule has 2 aliphatic rings.